The molecule has 0 fully saturated rings. The summed E-state index contributed by atoms with van der Waals surface area (Å²) in [6.07, 6.45) is -4.56. The molecule has 3 nitrogen and oxygen atoms in total. The fraction of sp³-hybridized carbons (Fsp3) is 0.300. The van der Waals surface area contributed by atoms with Crippen molar-refractivity contribution in [3.8, 4) is 5.75 Å². The van der Waals surface area contributed by atoms with E-state index < -0.39 is 17.1 Å². The maximum atomic E-state index is 12.7. The van der Waals surface area contributed by atoms with Gasteiger partial charge in [0.1, 0.15) is 5.75 Å². The van der Waals surface area contributed by atoms with E-state index in [9.17, 15) is 18.0 Å². The average molecular weight is 268 g/mol. The zero-order valence-electron chi connectivity index (χ0n) is 8.77. The zero-order chi connectivity index (χ0) is 13.1. The summed E-state index contributed by atoms with van der Waals surface area (Å²) in [5.41, 5.74) is -0.997. The second kappa shape index (κ2) is 5.27. The first-order valence-corrected chi connectivity index (χ1v) is 5.03. The van der Waals surface area contributed by atoms with E-state index in [-0.39, 0.29) is 18.0 Å². The van der Waals surface area contributed by atoms with Crippen molar-refractivity contribution in [2.75, 3.05) is 11.9 Å². The Balaban J connectivity index is 3.14. The number of anilines is 1. The van der Waals surface area contributed by atoms with Gasteiger partial charge in [0.15, 0.2) is 0 Å². The van der Waals surface area contributed by atoms with Crippen LogP contribution in [0.3, 0.4) is 0 Å². The van der Waals surface area contributed by atoms with Gasteiger partial charge in [0.05, 0.1) is 12.2 Å². The van der Waals surface area contributed by atoms with Crippen molar-refractivity contribution in [3.63, 3.8) is 0 Å². The van der Waals surface area contributed by atoms with Gasteiger partial charge in [-0.15, -0.1) is 0 Å². The van der Waals surface area contributed by atoms with Crippen molar-refractivity contribution < 1.29 is 22.7 Å². The lowest BCUT2D eigenvalue weighted by Crippen LogP contribution is -2.10. The molecule has 0 aromatic heterocycles. The van der Waals surface area contributed by atoms with Gasteiger partial charge in [0.2, 0.25) is 0 Å². The molecule has 0 aliphatic heterocycles. The van der Waals surface area contributed by atoms with Crippen LogP contribution in [0.2, 0.25) is 0 Å². The number of halogens is 4. The largest absolute Gasteiger partial charge is 0.493 e. The van der Waals surface area contributed by atoms with E-state index in [1.165, 1.54) is 6.07 Å². The molecule has 0 spiro atoms. The molecule has 0 saturated heterocycles. The molecule has 0 saturated carbocycles. The van der Waals surface area contributed by atoms with Crippen molar-refractivity contribution >= 4 is 22.7 Å². The minimum Gasteiger partial charge on any atom is -0.493 e. The van der Waals surface area contributed by atoms with E-state index in [4.69, 9.17) is 16.3 Å². The molecular weight excluding hydrogens is 259 g/mol. The van der Waals surface area contributed by atoms with Gasteiger partial charge < -0.3 is 10.1 Å². The molecule has 1 amide bonds. The first-order valence-electron chi connectivity index (χ1n) is 4.65. The Morgan fingerprint density at radius 1 is 1.47 bits per heavy atom. The standard InChI is InChI=1S/C10H9ClF3NO2/c1-2-17-8-4-3-6(15-9(11)16)5-7(8)10(12,13)14/h3-5H,2H2,1H3,(H,15,16). The highest BCUT2D eigenvalue weighted by Gasteiger charge is 2.34. The summed E-state index contributed by atoms with van der Waals surface area (Å²) in [6.45, 7) is 1.69. The number of carbonyl (C=O) groups excluding carboxylic acids is 1. The molecule has 0 atom stereocenters. The SMILES string of the molecule is CCOc1ccc(NC(=O)Cl)cc1C(F)(F)F. The van der Waals surface area contributed by atoms with E-state index >= 15 is 0 Å². The van der Waals surface area contributed by atoms with Crippen LogP contribution in [0, 0.1) is 0 Å². The third kappa shape index (κ3) is 3.81. The van der Waals surface area contributed by atoms with E-state index in [1.54, 1.807) is 6.92 Å². The maximum absolute atomic E-state index is 12.7. The quantitative estimate of drug-likeness (QED) is 0.667. The van der Waals surface area contributed by atoms with Gasteiger partial charge in [0.25, 0.3) is 0 Å². The topological polar surface area (TPSA) is 38.3 Å². The van der Waals surface area contributed by atoms with Crippen molar-refractivity contribution in [1.82, 2.24) is 0 Å². The van der Waals surface area contributed by atoms with Gasteiger partial charge in [0, 0.05) is 5.69 Å². The molecule has 1 rings (SSSR count). The second-order valence-corrected chi connectivity index (χ2v) is 3.38. The van der Waals surface area contributed by atoms with E-state index in [0.29, 0.717) is 0 Å². The normalized spacial score (nSPS) is 11.1. The van der Waals surface area contributed by atoms with Crippen LogP contribution in [0.5, 0.6) is 5.75 Å². The molecule has 0 aliphatic carbocycles. The fourth-order valence-corrected chi connectivity index (χ4v) is 1.33. The van der Waals surface area contributed by atoms with Crippen LogP contribution in [0.25, 0.3) is 0 Å². The van der Waals surface area contributed by atoms with Gasteiger partial charge >= 0.3 is 11.5 Å². The van der Waals surface area contributed by atoms with Crippen LogP contribution in [0.1, 0.15) is 12.5 Å². The Kier molecular flexibility index (Phi) is 4.22. The molecule has 1 aromatic rings. The molecular formula is C10H9ClF3NO2. The number of carbonyl (C=O) groups is 1. The number of benzene rings is 1. The van der Waals surface area contributed by atoms with Crippen molar-refractivity contribution in [2.24, 2.45) is 0 Å². The van der Waals surface area contributed by atoms with Gasteiger partial charge in [-0.3, -0.25) is 4.79 Å². The zero-order valence-corrected chi connectivity index (χ0v) is 9.52. The van der Waals surface area contributed by atoms with Crippen LogP contribution >= 0.6 is 11.6 Å². The van der Waals surface area contributed by atoms with Gasteiger partial charge in [-0.1, -0.05) is 0 Å². The number of hydrogen-bond donors (Lipinski definition) is 1. The summed E-state index contributed by atoms with van der Waals surface area (Å²) in [5, 5.41) is 1.10. The lowest BCUT2D eigenvalue weighted by Gasteiger charge is -2.14. The summed E-state index contributed by atoms with van der Waals surface area (Å²) in [6, 6.07) is 3.18. The fourth-order valence-electron chi connectivity index (χ4n) is 1.22. The Labute approximate surface area is 101 Å². The van der Waals surface area contributed by atoms with Gasteiger partial charge in [-0.05, 0) is 36.7 Å². The minimum atomic E-state index is -4.56. The Morgan fingerprint density at radius 2 is 2.12 bits per heavy atom. The van der Waals surface area contributed by atoms with Crippen LogP contribution in [0.15, 0.2) is 18.2 Å². The highest BCUT2D eigenvalue weighted by Crippen LogP contribution is 2.37. The van der Waals surface area contributed by atoms with Crippen molar-refractivity contribution in [2.45, 2.75) is 13.1 Å². The number of rotatable bonds is 3. The first kappa shape index (κ1) is 13.6. The van der Waals surface area contributed by atoms with Crippen LogP contribution in [0.4, 0.5) is 23.7 Å². The summed E-state index contributed by atoms with van der Waals surface area (Å²) in [4.78, 5) is 10.5. The van der Waals surface area contributed by atoms with E-state index in [1.807, 2.05) is 0 Å². The molecule has 7 heteroatoms. The molecule has 0 bridgehead atoms. The maximum Gasteiger partial charge on any atom is 0.420 e. The van der Waals surface area contributed by atoms with Crippen LogP contribution in [-0.2, 0) is 6.18 Å². The summed E-state index contributed by atoms with van der Waals surface area (Å²) in [7, 11) is 0. The molecule has 0 radical (unpaired) electrons. The highest BCUT2D eigenvalue weighted by molar-refractivity contribution is 6.65. The first-order chi connectivity index (χ1) is 7.84. The van der Waals surface area contributed by atoms with Crippen molar-refractivity contribution in [3.05, 3.63) is 23.8 Å². The number of ether oxygens (including phenoxy) is 1. The number of alkyl halides is 3. The highest BCUT2D eigenvalue weighted by atomic mass is 35.5. The van der Waals surface area contributed by atoms with E-state index in [2.05, 4.69) is 5.32 Å². The summed E-state index contributed by atoms with van der Waals surface area (Å²) >= 11 is 5.02. The number of amides is 1. The molecule has 0 aliphatic rings. The molecule has 0 unspecified atom stereocenters. The second-order valence-electron chi connectivity index (χ2n) is 3.04. The van der Waals surface area contributed by atoms with E-state index in [0.717, 1.165) is 12.1 Å². The summed E-state index contributed by atoms with van der Waals surface area (Å²) < 4.78 is 42.8. The minimum absolute atomic E-state index is 0.0409. The third-order valence-corrected chi connectivity index (χ3v) is 1.92. The smallest absolute Gasteiger partial charge is 0.420 e. The predicted octanol–water partition coefficient (Wildman–Crippen LogP) is 3.87. The number of hydrogen-bond acceptors (Lipinski definition) is 2. The molecule has 0 heterocycles. The lowest BCUT2D eigenvalue weighted by atomic mass is 10.1. The van der Waals surface area contributed by atoms with Crippen LogP contribution in [-0.4, -0.2) is 12.0 Å². The Bertz CT molecular complexity index is 421. The van der Waals surface area contributed by atoms with Gasteiger partial charge in [-0.2, -0.15) is 13.2 Å². The summed E-state index contributed by atoms with van der Waals surface area (Å²) in [5.74, 6) is -0.285. The molecule has 94 valence electrons. The monoisotopic (exact) mass is 267 g/mol. The lowest BCUT2D eigenvalue weighted by molar-refractivity contribution is -0.138. The average Bonchev–Trinajstić information content (AvgIpc) is 2.18. The molecule has 1 N–H and O–H groups in total. The predicted molar refractivity (Wildman–Crippen MR) is 57.5 cm³/mol. The molecule has 17 heavy (non-hydrogen) atoms. The van der Waals surface area contributed by atoms with Crippen molar-refractivity contribution in [1.29, 1.82) is 0 Å². The number of nitrogens with one attached hydrogen (secondary N) is 1. The van der Waals surface area contributed by atoms with Gasteiger partial charge in [-0.25, -0.2) is 0 Å². The Morgan fingerprint density at radius 3 is 2.59 bits per heavy atom. The Hall–Kier alpha value is -1.43. The van der Waals surface area contributed by atoms with Crippen LogP contribution < -0.4 is 10.1 Å². The molecule has 1 aromatic carbocycles. The third-order valence-electron chi connectivity index (χ3n) is 1.83.